The second-order valence-corrected chi connectivity index (χ2v) is 12.3. The summed E-state index contributed by atoms with van der Waals surface area (Å²) in [6.07, 6.45) is -4.82. The SMILES string of the molecule is CC(C)(CO)NCC1CN(S(=O)(=O)c2cccs2)CCN1c1ccc(C(C)(O)C(F)(F)F)cc1. The van der Waals surface area contributed by atoms with Crippen molar-refractivity contribution in [2.45, 2.75) is 48.3 Å². The molecule has 0 spiro atoms. The highest BCUT2D eigenvalue weighted by atomic mass is 32.2. The molecule has 0 bridgehead atoms. The Morgan fingerprint density at radius 2 is 1.76 bits per heavy atom. The number of hydrogen-bond acceptors (Lipinski definition) is 7. The molecule has 1 aromatic carbocycles. The number of aliphatic hydroxyl groups is 2. The van der Waals surface area contributed by atoms with Crippen LogP contribution in [-0.2, 0) is 15.6 Å². The topological polar surface area (TPSA) is 93.1 Å². The van der Waals surface area contributed by atoms with E-state index in [-0.39, 0.29) is 35.5 Å². The molecule has 0 saturated carbocycles. The molecule has 2 unspecified atom stereocenters. The molecule has 7 nitrogen and oxygen atoms in total. The van der Waals surface area contributed by atoms with Crippen LogP contribution in [0, 0.1) is 0 Å². The molecular formula is C22H30F3N3O4S2. The standard InChI is InChI=1S/C22H30F3N3O4S2/c1-20(2,15-29)26-13-18-14-27(34(31,32)19-5-4-12-33-19)10-11-28(18)17-8-6-16(7-9-17)21(3,30)22(23,24)25/h4-9,12,18,26,29-30H,10-11,13-15H2,1-3H3. The third-order valence-corrected chi connectivity index (χ3v) is 9.30. The number of anilines is 1. The summed E-state index contributed by atoms with van der Waals surface area (Å²) in [4.78, 5) is 1.94. The van der Waals surface area contributed by atoms with Gasteiger partial charge in [-0.25, -0.2) is 8.42 Å². The van der Waals surface area contributed by atoms with Crippen LogP contribution in [0.1, 0.15) is 26.3 Å². The van der Waals surface area contributed by atoms with Crippen LogP contribution in [0.25, 0.3) is 0 Å². The van der Waals surface area contributed by atoms with Crippen molar-refractivity contribution in [1.29, 1.82) is 0 Å². The van der Waals surface area contributed by atoms with Gasteiger partial charge in [-0.2, -0.15) is 17.5 Å². The minimum absolute atomic E-state index is 0.127. The Morgan fingerprint density at radius 1 is 1.12 bits per heavy atom. The molecule has 2 heterocycles. The second-order valence-electron chi connectivity index (χ2n) is 9.18. The van der Waals surface area contributed by atoms with Crippen molar-refractivity contribution in [2.75, 3.05) is 37.7 Å². The van der Waals surface area contributed by atoms with Gasteiger partial charge in [0.1, 0.15) is 4.21 Å². The van der Waals surface area contributed by atoms with Gasteiger partial charge in [-0.15, -0.1) is 11.3 Å². The van der Waals surface area contributed by atoms with Crippen LogP contribution < -0.4 is 10.2 Å². The lowest BCUT2D eigenvalue weighted by Gasteiger charge is -2.43. The molecule has 1 fully saturated rings. The Kier molecular flexibility index (Phi) is 7.71. The van der Waals surface area contributed by atoms with Crippen molar-refractivity contribution >= 4 is 27.0 Å². The Balaban J connectivity index is 1.87. The first-order valence-corrected chi connectivity index (χ1v) is 13.1. The average molecular weight is 522 g/mol. The molecule has 2 atom stereocenters. The number of rotatable bonds is 8. The fraction of sp³-hybridized carbons (Fsp3) is 0.545. The average Bonchev–Trinajstić information content (AvgIpc) is 3.33. The van der Waals surface area contributed by atoms with E-state index < -0.39 is 27.3 Å². The molecule has 3 N–H and O–H groups in total. The van der Waals surface area contributed by atoms with E-state index in [0.717, 1.165) is 11.3 Å². The summed E-state index contributed by atoms with van der Waals surface area (Å²) in [6.45, 7) is 5.25. The number of alkyl halides is 3. The lowest BCUT2D eigenvalue weighted by atomic mass is 9.95. The smallest absolute Gasteiger partial charge is 0.394 e. The van der Waals surface area contributed by atoms with Crippen LogP contribution >= 0.6 is 11.3 Å². The highest BCUT2D eigenvalue weighted by Gasteiger charge is 2.51. The van der Waals surface area contributed by atoms with Crippen molar-refractivity contribution < 1.29 is 31.8 Å². The lowest BCUT2D eigenvalue weighted by molar-refractivity contribution is -0.258. The van der Waals surface area contributed by atoms with Crippen LogP contribution in [0.4, 0.5) is 18.9 Å². The van der Waals surface area contributed by atoms with Gasteiger partial charge < -0.3 is 20.4 Å². The predicted molar refractivity (Wildman–Crippen MR) is 125 cm³/mol. The Bertz CT molecular complexity index is 1060. The maximum atomic E-state index is 13.2. The van der Waals surface area contributed by atoms with Gasteiger partial charge in [-0.3, -0.25) is 0 Å². The molecule has 1 aromatic heterocycles. The first kappa shape index (κ1) is 26.9. The minimum atomic E-state index is -4.82. The molecule has 190 valence electrons. The summed E-state index contributed by atoms with van der Waals surface area (Å²) in [5.74, 6) is 0. The number of thiophene rings is 1. The number of sulfonamides is 1. The molecule has 1 aliphatic heterocycles. The van der Waals surface area contributed by atoms with Crippen LogP contribution in [0.15, 0.2) is 46.0 Å². The number of halogens is 3. The van der Waals surface area contributed by atoms with E-state index in [1.165, 1.54) is 28.6 Å². The van der Waals surface area contributed by atoms with Gasteiger partial charge in [0.15, 0.2) is 5.60 Å². The molecular weight excluding hydrogens is 491 g/mol. The fourth-order valence-electron chi connectivity index (χ4n) is 3.69. The molecule has 12 heteroatoms. The molecule has 34 heavy (non-hydrogen) atoms. The number of benzene rings is 1. The summed E-state index contributed by atoms with van der Waals surface area (Å²) in [6, 6.07) is 8.36. The highest BCUT2D eigenvalue weighted by molar-refractivity contribution is 7.91. The number of nitrogens with one attached hydrogen (secondary N) is 1. The van der Waals surface area contributed by atoms with Crippen molar-refractivity contribution in [3.05, 3.63) is 47.3 Å². The Hall–Kier alpha value is -1.70. The Labute approximate surface area is 201 Å². The van der Waals surface area contributed by atoms with E-state index in [1.54, 1.807) is 17.5 Å². The van der Waals surface area contributed by atoms with E-state index >= 15 is 0 Å². The molecule has 0 amide bonds. The van der Waals surface area contributed by atoms with Crippen LogP contribution in [0.3, 0.4) is 0 Å². The first-order valence-electron chi connectivity index (χ1n) is 10.7. The second kappa shape index (κ2) is 9.75. The maximum Gasteiger partial charge on any atom is 0.421 e. The monoisotopic (exact) mass is 521 g/mol. The summed E-state index contributed by atoms with van der Waals surface area (Å²) in [5, 5.41) is 24.5. The maximum absolute atomic E-state index is 13.2. The molecule has 3 rings (SSSR count). The van der Waals surface area contributed by atoms with E-state index in [9.17, 15) is 31.8 Å². The van der Waals surface area contributed by atoms with Gasteiger partial charge in [0.05, 0.1) is 12.6 Å². The molecule has 0 aliphatic carbocycles. The third-order valence-electron chi connectivity index (χ3n) is 6.06. The number of nitrogens with zero attached hydrogens (tertiary/aromatic N) is 2. The van der Waals surface area contributed by atoms with Crippen molar-refractivity contribution in [1.82, 2.24) is 9.62 Å². The zero-order chi connectivity index (χ0) is 25.4. The fourth-order valence-corrected chi connectivity index (χ4v) is 6.30. The van der Waals surface area contributed by atoms with E-state index in [0.29, 0.717) is 25.7 Å². The number of hydrogen-bond donors (Lipinski definition) is 3. The van der Waals surface area contributed by atoms with Crippen LogP contribution in [-0.4, -0.2) is 73.5 Å². The van der Waals surface area contributed by atoms with Gasteiger partial charge in [-0.1, -0.05) is 18.2 Å². The number of aliphatic hydroxyl groups excluding tert-OH is 1. The quantitative estimate of drug-likeness (QED) is 0.495. The van der Waals surface area contributed by atoms with E-state index in [2.05, 4.69) is 5.32 Å². The van der Waals surface area contributed by atoms with Crippen molar-refractivity contribution in [2.24, 2.45) is 0 Å². The summed E-state index contributed by atoms with van der Waals surface area (Å²) < 4.78 is 67.4. The minimum Gasteiger partial charge on any atom is -0.394 e. The van der Waals surface area contributed by atoms with Crippen LogP contribution in [0.2, 0.25) is 0 Å². The van der Waals surface area contributed by atoms with Gasteiger partial charge in [0.2, 0.25) is 0 Å². The first-order chi connectivity index (χ1) is 15.7. The third kappa shape index (κ3) is 5.58. The van der Waals surface area contributed by atoms with E-state index in [1.807, 2.05) is 18.7 Å². The molecule has 2 aromatic rings. The normalized spacial score (nSPS) is 20.4. The lowest BCUT2D eigenvalue weighted by Crippen LogP contribution is -2.60. The predicted octanol–water partition coefficient (Wildman–Crippen LogP) is 2.76. The molecule has 0 radical (unpaired) electrons. The summed E-state index contributed by atoms with van der Waals surface area (Å²) in [7, 11) is -3.67. The van der Waals surface area contributed by atoms with Gasteiger partial charge >= 0.3 is 6.18 Å². The van der Waals surface area contributed by atoms with Crippen molar-refractivity contribution in [3.63, 3.8) is 0 Å². The van der Waals surface area contributed by atoms with Gasteiger partial charge in [0.25, 0.3) is 10.0 Å². The number of piperazine rings is 1. The Morgan fingerprint density at radius 3 is 2.29 bits per heavy atom. The molecule has 1 aliphatic rings. The largest absolute Gasteiger partial charge is 0.421 e. The zero-order valence-corrected chi connectivity index (χ0v) is 20.8. The summed E-state index contributed by atoms with van der Waals surface area (Å²) >= 11 is 1.14. The van der Waals surface area contributed by atoms with Gasteiger partial charge in [0, 0.05) is 37.4 Å². The molecule has 1 saturated heterocycles. The van der Waals surface area contributed by atoms with E-state index in [4.69, 9.17) is 0 Å². The zero-order valence-electron chi connectivity index (χ0n) is 19.2. The highest BCUT2D eigenvalue weighted by Crippen LogP contribution is 2.39. The van der Waals surface area contributed by atoms with Gasteiger partial charge in [-0.05, 0) is 49.9 Å². The van der Waals surface area contributed by atoms with Crippen molar-refractivity contribution in [3.8, 4) is 0 Å². The summed E-state index contributed by atoms with van der Waals surface area (Å²) in [5.41, 5.74) is -3.25. The van der Waals surface area contributed by atoms with Crippen LogP contribution in [0.5, 0.6) is 0 Å².